The highest BCUT2D eigenvalue weighted by molar-refractivity contribution is 9.10. The van der Waals surface area contributed by atoms with Gasteiger partial charge in [-0.25, -0.2) is 0 Å². The van der Waals surface area contributed by atoms with E-state index in [9.17, 15) is 4.79 Å². The number of nitrogens with one attached hydrogen (secondary N) is 1. The number of hydrogen-bond acceptors (Lipinski definition) is 3. The van der Waals surface area contributed by atoms with Crippen molar-refractivity contribution in [3.63, 3.8) is 0 Å². The molecule has 6 heteroatoms. The Morgan fingerprint density at radius 2 is 2.04 bits per heavy atom. The van der Waals surface area contributed by atoms with Crippen LogP contribution in [0.25, 0.3) is 6.08 Å². The number of aryl methyl sites for hydroxylation is 1. The molecule has 0 spiro atoms. The molecule has 25 heavy (non-hydrogen) atoms. The number of hydrogen-bond donors (Lipinski definition) is 1. The largest absolute Gasteiger partial charge is 0.496 e. The van der Waals surface area contributed by atoms with Crippen molar-refractivity contribution in [3.05, 3.63) is 63.8 Å². The zero-order valence-electron chi connectivity index (χ0n) is 13.9. The highest BCUT2D eigenvalue weighted by Gasteiger charge is 2.33. The number of anilines is 1. The number of carbonyl (C=O) groups excluding carboxylic acids is 1. The topological polar surface area (TPSA) is 41.6 Å². The highest BCUT2D eigenvalue weighted by atomic mass is 79.9. The Morgan fingerprint density at radius 1 is 1.28 bits per heavy atom. The molecule has 0 aromatic heterocycles. The lowest BCUT2D eigenvalue weighted by atomic mass is 10.1. The number of benzene rings is 2. The second-order valence-corrected chi connectivity index (χ2v) is 6.80. The van der Waals surface area contributed by atoms with Crippen molar-refractivity contribution < 1.29 is 9.53 Å². The fourth-order valence-corrected chi connectivity index (χ4v) is 3.43. The number of amides is 1. The quantitative estimate of drug-likeness (QED) is 0.596. The van der Waals surface area contributed by atoms with E-state index in [2.05, 4.69) is 28.2 Å². The van der Waals surface area contributed by atoms with Crippen molar-refractivity contribution >= 4 is 50.9 Å². The Hall–Kier alpha value is -2.18. The average Bonchev–Trinajstić information content (AvgIpc) is 2.88. The molecule has 0 bridgehead atoms. The third-order valence-electron chi connectivity index (χ3n) is 3.98. The summed E-state index contributed by atoms with van der Waals surface area (Å²) in [5, 5.41) is 3.40. The van der Waals surface area contributed by atoms with Crippen molar-refractivity contribution in [2.24, 2.45) is 0 Å². The fourth-order valence-electron chi connectivity index (χ4n) is 2.76. The first-order chi connectivity index (χ1) is 12.0. The molecule has 0 aliphatic carbocycles. The Labute approximate surface area is 160 Å². The van der Waals surface area contributed by atoms with Crippen LogP contribution in [0.2, 0.25) is 0 Å². The molecule has 1 N–H and O–H groups in total. The van der Waals surface area contributed by atoms with Gasteiger partial charge in [-0.2, -0.15) is 0 Å². The van der Waals surface area contributed by atoms with Gasteiger partial charge < -0.3 is 10.1 Å². The van der Waals surface area contributed by atoms with E-state index < -0.39 is 0 Å². The zero-order chi connectivity index (χ0) is 18.0. The highest BCUT2D eigenvalue weighted by Crippen LogP contribution is 2.29. The molecule has 0 atom stereocenters. The predicted octanol–water partition coefficient (Wildman–Crippen LogP) is 4.28. The molecule has 0 saturated carbocycles. The van der Waals surface area contributed by atoms with E-state index in [1.807, 2.05) is 42.5 Å². The lowest BCUT2D eigenvalue weighted by Gasteiger charge is -2.17. The first kappa shape index (κ1) is 17.6. The molecule has 1 fully saturated rings. The fraction of sp³-hybridized carbons (Fsp3) is 0.158. The smallest absolute Gasteiger partial charge is 0.281 e. The van der Waals surface area contributed by atoms with Gasteiger partial charge in [0.1, 0.15) is 11.4 Å². The minimum absolute atomic E-state index is 0.173. The van der Waals surface area contributed by atoms with E-state index >= 15 is 0 Å². The molecule has 1 saturated heterocycles. The maximum atomic E-state index is 12.9. The Bertz CT molecular complexity index is 879. The summed E-state index contributed by atoms with van der Waals surface area (Å²) in [4.78, 5) is 14.5. The first-order valence-electron chi connectivity index (χ1n) is 7.83. The van der Waals surface area contributed by atoms with E-state index in [4.69, 9.17) is 17.0 Å². The van der Waals surface area contributed by atoms with Crippen molar-refractivity contribution in [2.45, 2.75) is 13.3 Å². The summed E-state index contributed by atoms with van der Waals surface area (Å²) < 4.78 is 6.27. The minimum Gasteiger partial charge on any atom is -0.496 e. The Kier molecular flexibility index (Phi) is 5.20. The van der Waals surface area contributed by atoms with Crippen LogP contribution in [0, 0.1) is 0 Å². The molecule has 0 unspecified atom stereocenters. The molecule has 1 amide bonds. The summed E-state index contributed by atoms with van der Waals surface area (Å²) >= 11 is 8.84. The second kappa shape index (κ2) is 7.37. The van der Waals surface area contributed by atoms with Gasteiger partial charge in [-0.1, -0.05) is 41.1 Å². The first-order valence-corrected chi connectivity index (χ1v) is 9.04. The van der Waals surface area contributed by atoms with Crippen LogP contribution in [0.5, 0.6) is 5.75 Å². The SMILES string of the molecule is CCc1ccccc1N1C(=O)/C(=C\c2cc(Br)ccc2OC)NC1=S. The van der Waals surface area contributed by atoms with Crippen molar-refractivity contribution in [1.82, 2.24) is 5.32 Å². The van der Waals surface area contributed by atoms with Crippen molar-refractivity contribution in [3.8, 4) is 5.75 Å². The van der Waals surface area contributed by atoms with Gasteiger partial charge in [0.15, 0.2) is 5.11 Å². The Balaban J connectivity index is 2.01. The van der Waals surface area contributed by atoms with Gasteiger partial charge in [0.2, 0.25) is 0 Å². The molecular formula is C19H17BrN2O2S. The van der Waals surface area contributed by atoms with Crippen LogP contribution in [-0.2, 0) is 11.2 Å². The molecule has 1 heterocycles. The lowest BCUT2D eigenvalue weighted by Crippen LogP contribution is -2.31. The Morgan fingerprint density at radius 3 is 2.76 bits per heavy atom. The second-order valence-electron chi connectivity index (χ2n) is 5.50. The molecule has 1 aliphatic rings. The zero-order valence-corrected chi connectivity index (χ0v) is 16.3. The summed E-state index contributed by atoms with van der Waals surface area (Å²) in [6.07, 6.45) is 2.58. The van der Waals surface area contributed by atoms with E-state index in [1.54, 1.807) is 18.1 Å². The van der Waals surface area contributed by atoms with Gasteiger partial charge in [-0.3, -0.25) is 9.69 Å². The van der Waals surface area contributed by atoms with E-state index in [0.717, 1.165) is 27.7 Å². The summed E-state index contributed by atoms with van der Waals surface area (Å²) in [5.41, 5.74) is 3.10. The van der Waals surface area contributed by atoms with Crippen molar-refractivity contribution in [2.75, 3.05) is 12.0 Å². The molecular weight excluding hydrogens is 400 g/mol. The van der Waals surface area contributed by atoms with Gasteiger partial charge in [-0.15, -0.1) is 0 Å². The number of para-hydroxylation sites is 1. The summed E-state index contributed by atoms with van der Waals surface area (Å²) in [5.74, 6) is 0.511. The van der Waals surface area contributed by atoms with Crippen molar-refractivity contribution in [1.29, 1.82) is 0 Å². The van der Waals surface area contributed by atoms with E-state index in [0.29, 0.717) is 16.6 Å². The molecule has 4 nitrogen and oxygen atoms in total. The van der Waals surface area contributed by atoms with Crippen LogP contribution < -0.4 is 15.0 Å². The number of nitrogens with zero attached hydrogens (tertiary/aromatic N) is 1. The number of halogens is 1. The van der Waals surface area contributed by atoms with Gasteiger partial charge >= 0.3 is 0 Å². The van der Waals surface area contributed by atoms with Crippen LogP contribution in [0.3, 0.4) is 0 Å². The molecule has 2 aromatic rings. The molecule has 0 radical (unpaired) electrons. The molecule has 2 aromatic carbocycles. The van der Waals surface area contributed by atoms with Gasteiger partial charge in [0.25, 0.3) is 5.91 Å². The maximum Gasteiger partial charge on any atom is 0.281 e. The maximum absolute atomic E-state index is 12.9. The number of thiocarbonyl (C=S) groups is 1. The monoisotopic (exact) mass is 416 g/mol. The molecule has 1 aliphatic heterocycles. The number of rotatable bonds is 4. The van der Waals surface area contributed by atoms with Crippen LogP contribution in [0.1, 0.15) is 18.1 Å². The third-order valence-corrected chi connectivity index (χ3v) is 4.76. The van der Waals surface area contributed by atoms with Crippen LogP contribution in [0.15, 0.2) is 52.6 Å². The molecule has 128 valence electrons. The third kappa shape index (κ3) is 3.45. The summed E-state index contributed by atoms with van der Waals surface area (Å²) in [6.45, 7) is 2.05. The summed E-state index contributed by atoms with van der Waals surface area (Å²) in [7, 11) is 1.60. The lowest BCUT2D eigenvalue weighted by molar-refractivity contribution is -0.113. The van der Waals surface area contributed by atoms with Gasteiger partial charge in [0, 0.05) is 10.0 Å². The number of ether oxygens (including phenoxy) is 1. The summed E-state index contributed by atoms with van der Waals surface area (Å²) in [6, 6.07) is 13.4. The van der Waals surface area contributed by atoms with E-state index in [-0.39, 0.29) is 5.91 Å². The predicted molar refractivity (Wildman–Crippen MR) is 108 cm³/mol. The molecule has 3 rings (SSSR count). The number of methoxy groups -OCH3 is 1. The van der Waals surface area contributed by atoms with Crippen LogP contribution >= 0.6 is 28.1 Å². The van der Waals surface area contributed by atoms with Gasteiger partial charge in [-0.05, 0) is 54.5 Å². The minimum atomic E-state index is -0.173. The van der Waals surface area contributed by atoms with Gasteiger partial charge in [0.05, 0.1) is 12.8 Å². The standard InChI is InChI=1S/C19H17BrN2O2S/c1-3-12-6-4-5-7-16(12)22-18(23)15(21-19(22)25)11-13-10-14(20)8-9-17(13)24-2/h4-11H,3H2,1-2H3,(H,21,25)/b15-11+. The van der Waals surface area contributed by atoms with Crippen LogP contribution in [0.4, 0.5) is 5.69 Å². The normalized spacial score (nSPS) is 15.6. The number of carbonyl (C=O) groups is 1. The van der Waals surface area contributed by atoms with Crippen LogP contribution in [-0.4, -0.2) is 18.1 Å². The van der Waals surface area contributed by atoms with E-state index in [1.165, 1.54) is 0 Å². The average molecular weight is 417 g/mol.